The monoisotopic (exact) mass is 394 g/mol. The van der Waals surface area contributed by atoms with Crippen LogP contribution in [0.1, 0.15) is 36.8 Å². The van der Waals surface area contributed by atoms with Gasteiger partial charge in [0.1, 0.15) is 0 Å². The highest BCUT2D eigenvalue weighted by atomic mass is 35.5. The fourth-order valence-electron chi connectivity index (χ4n) is 3.98. The molecule has 1 N–H and O–H groups in total. The fraction of sp³-hybridized carbons (Fsp3) is 0.318. The van der Waals surface area contributed by atoms with Gasteiger partial charge in [-0.2, -0.15) is 5.10 Å². The number of carbonyl (C=O) groups is 1. The number of carbonyl (C=O) groups excluding carboxylic acids is 1. The standard InChI is InChI=1S/C22H23ClN4O/c23-19-5-3-18(4-6-19)22(11-1-2-12-22)21(28)25-20-10-16-27(26-20)15-9-17-7-13-24-14-8-17/h3-8,10,13-14,16H,1-2,9,11-12,15H2,(H,25,26,28). The molecule has 2 heterocycles. The summed E-state index contributed by atoms with van der Waals surface area (Å²) in [7, 11) is 0. The molecule has 1 amide bonds. The molecular weight excluding hydrogens is 372 g/mol. The van der Waals surface area contributed by atoms with E-state index in [9.17, 15) is 4.79 Å². The predicted octanol–water partition coefficient (Wildman–Crippen LogP) is 4.62. The summed E-state index contributed by atoms with van der Waals surface area (Å²) in [4.78, 5) is 17.2. The molecule has 1 saturated carbocycles. The maximum atomic E-state index is 13.2. The SMILES string of the molecule is O=C(Nc1ccn(CCc2ccncc2)n1)C1(c2ccc(Cl)cc2)CCCC1. The van der Waals surface area contributed by atoms with Crippen molar-refractivity contribution in [1.82, 2.24) is 14.8 Å². The van der Waals surface area contributed by atoms with E-state index in [1.54, 1.807) is 12.4 Å². The minimum Gasteiger partial charge on any atom is -0.308 e. The molecule has 1 aromatic carbocycles. The molecule has 0 radical (unpaired) electrons. The van der Waals surface area contributed by atoms with Crippen LogP contribution in [0.4, 0.5) is 5.82 Å². The van der Waals surface area contributed by atoms with E-state index in [-0.39, 0.29) is 5.91 Å². The average Bonchev–Trinajstić information content (AvgIpc) is 3.38. The van der Waals surface area contributed by atoms with Crippen LogP contribution >= 0.6 is 11.6 Å². The molecule has 1 aliphatic carbocycles. The van der Waals surface area contributed by atoms with Crippen LogP contribution in [0, 0.1) is 0 Å². The van der Waals surface area contributed by atoms with Crippen molar-refractivity contribution in [3.63, 3.8) is 0 Å². The predicted molar refractivity (Wildman–Crippen MR) is 110 cm³/mol. The van der Waals surface area contributed by atoms with E-state index in [1.165, 1.54) is 5.56 Å². The summed E-state index contributed by atoms with van der Waals surface area (Å²) in [5.41, 5.74) is 1.75. The number of amides is 1. The number of hydrogen-bond donors (Lipinski definition) is 1. The van der Waals surface area contributed by atoms with Gasteiger partial charge in [-0.05, 0) is 54.7 Å². The topological polar surface area (TPSA) is 59.8 Å². The minimum atomic E-state index is -0.495. The van der Waals surface area contributed by atoms with Crippen molar-refractivity contribution < 1.29 is 4.79 Å². The van der Waals surface area contributed by atoms with Crippen LogP contribution in [-0.2, 0) is 23.2 Å². The van der Waals surface area contributed by atoms with Gasteiger partial charge >= 0.3 is 0 Å². The Bertz CT molecular complexity index is 931. The first-order valence-electron chi connectivity index (χ1n) is 9.66. The third kappa shape index (κ3) is 3.94. The maximum Gasteiger partial charge on any atom is 0.236 e. The van der Waals surface area contributed by atoms with E-state index in [1.807, 2.05) is 53.3 Å². The lowest BCUT2D eigenvalue weighted by Crippen LogP contribution is -2.38. The molecule has 0 unspecified atom stereocenters. The van der Waals surface area contributed by atoms with E-state index in [4.69, 9.17) is 11.6 Å². The lowest BCUT2D eigenvalue weighted by Gasteiger charge is -2.28. The van der Waals surface area contributed by atoms with Crippen LogP contribution in [0.25, 0.3) is 0 Å². The second-order valence-corrected chi connectivity index (χ2v) is 7.76. The number of pyridine rings is 1. The summed E-state index contributed by atoms with van der Waals surface area (Å²) in [6, 6.07) is 13.5. The molecule has 3 aromatic rings. The van der Waals surface area contributed by atoms with Gasteiger partial charge in [0.15, 0.2) is 5.82 Å². The molecular formula is C22H23ClN4O. The highest BCUT2D eigenvalue weighted by Crippen LogP contribution is 2.42. The minimum absolute atomic E-state index is 0.0201. The average molecular weight is 395 g/mol. The Morgan fingerprint density at radius 1 is 1.07 bits per heavy atom. The summed E-state index contributed by atoms with van der Waals surface area (Å²) in [5, 5.41) is 8.25. The summed E-state index contributed by atoms with van der Waals surface area (Å²) in [5.74, 6) is 0.617. The molecule has 144 valence electrons. The smallest absolute Gasteiger partial charge is 0.236 e. The summed E-state index contributed by atoms with van der Waals surface area (Å²) >= 11 is 6.03. The Labute approximate surface area is 169 Å². The number of aryl methyl sites for hydroxylation is 2. The van der Waals surface area contributed by atoms with Crippen LogP contribution in [0.15, 0.2) is 61.1 Å². The molecule has 0 spiro atoms. The van der Waals surface area contributed by atoms with Gasteiger partial charge in [0.2, 0.25) is 5.91 Å². The summed E-state index contributed by atoms with van der Waals surface area (Å²) in [6.45, 7) is 0.752. The molecule has 0 saturated heterocycles. The van der Waals surface area contributed by atoms with E-state index in [0.717, 1.165) is 44.2 Å². The fourth-order valence-corrected chi connectivity index (χ4v) is 4.10. The Morgan fingerprint density at radius 3 is 2.50 bits per heavy atom. The zero-order valence-electron chi connectivity index (χ0n) is 15.6. The normalized spacial score (nSPS) is 15.5. The number of nitrogens with one attached hydrogen (secondary N) is 1. The molecule has 5 nitrogen and oxygen atoms in total. The molecule has 0 aliphatic heterocycles. The first kappa shape index (κ1) is 18.7. The van der Waals surface area contributed by atoms with E-state index < -0.39 is 5.41 Å². The third-order valence-electron chi connectivity index (χ3n) is 5.55. The van der Waals surface area contributed by atoms with Crippen molar-refractivity contribution in [2.24, 2.45) is 0 Å². The molecule has 2 aromatic heterocycles. The highest BCUT2D eigenvalue weighted by molar-refractivity contribution is 6.30. The summed E-state index contributed by atoms with van der Waals surface area (Å²) < 4.78 is 1.86. The summed E-state index contributed by atoms with van der Waals surface area (Å²) in [6.07, 6.45) is 10.2. The van der Waals surface area contributed by atoms with Gasteiger partial charge in [-0.25, -0.2) is 0 Å². The first-order valence-corrected chi connectivity index (χ1v) is 10.0. The number of anilines is 1. The molecule has 1 fully saturated rings. The Kier molecular flexibility index (Phi) is 5.44. The van der Waals surface area contributed by atoms with Gasteiger partial charge in [0.05, 0.1) is 5.41 Å². The lowest BCUT2D eigenvalue weighted by atomic mass is 9.78. The van der Waals surface area contributed by atoms with Gasteiger partial charge in [-0.15, -0.1) is 0 Å². The Balaban J connectivity index is 1.45. The van der Waals surface area contributed by atoms with Crippen LogP contribution < -0.4 is 5.32 Å². The van der Waals surface area contributed by atoms with Crippen molar-refractivity contribution in [3.05, 3.63) is 77.2 Å². The van der Waals surface area contributed by atoms with Crippen molar-refractivity contribution in [1.29, 1.82) is 0 Å². The first-order chi connectivity index (χ1) is 13.7. The second kappa shape index (κ2) is 8.15. The lowest BCUT2D eigenvalue weighted by molar-refractivity contribution is -0.121. The van der Waals surface area contributed by atoms with E-state index >= 15 is 0 Å². The van der Waals surface area contributed by atoms with Crippen LogP contribution in [0.2, 0.25) is 5.02 Å². The molecule has 28 heavy (non-hydrogen) atoms. The van der Waals surface area contributed by atoms with Gasteiger partial charge in [-0.3, -0.25) is 14.5 Å². The number of halogens is 1. The van der Waals surface area contributed by atoms with Crippen LogP contribution in [0.3, 0.4) is 0 Å². The quantitative estimate of drug-likeness (QED) is 0.663. The number of hydrogen-bond acceptors (Lipinski definition) is 3. The van der Waals surface area contributed by atoms with Gasteiger partial charge < -0.3 is 5.32 Å². The molecule has 6 heteroatoms. The Morgan fingerprint density at radius 2 is 1.79 bits per heavy atom. The van der Waals surface area contributed by atoms with E-state index in [0.29, 0.717) is 10.8 Å². The van der Waals surface area contributed by atoms with Gasteiger partial charge in [0, 0.05) is 36.2 Å². The van der Waals surface area contributed by atoms with Gasteiger partial charge in [0.25, 0.3) is 0 Å². The number of benzene rings is 1. The highest BCUT2D eigenvalue weighted by Gasteiger charge is 2.42. The van der Waals surface area contributed by atoms with Crippen molar-refractivity contribution >= 4 is 23.3 Å². The molecule has 1 aliphatic rings. The van der Waals surface area contributed by atoms with E-state index in [2.05, 4.69) is 15.4 Å². The van der Waals surface area contributed by atoms with Crippen LogP contribution in [0.5, 0.6) is 0 Å². The molecule has 4 rings (SSSR count). The zero-order valence-corrected chi connectivity index (χ0v) is 16.4. The zero-order chi connectivity index (χ0) is 19.4. The number of rotatable bonds is 6. The van der Waals surface area contributed by atoms with Crippen molar-refractivity contribution in [2.45, 2.75) is 44.1 Å². The molecule has 0 atom stereocenters. The van der Waals surface area contributed by atoms with Crippen LogP contribution in [-0.4, -0.2) is 20.7 Å². The molecule has 0 bridgehead atoms. The second-order valence-electron chi connectivity index (χ2n) is 7.32. The van der Waals surface area contributed by atoms with Gasteiger partial charge in [-0.1, -0.05) is 36.6 Å². The van der Waals surface area contributed by atoms with Crippen molar-refractivity contribution in [3.8, 4) is 0 Å². The largest absolute Gasteiger partial charge is 0.308 e. The van der Waals surface area contributed by atoms with Crippen molar-refractivity contribution in [2.75, 3.05) is 5.32 Å². The maximum absolute atomic E-state index is 13.2. The Hall–Kier alpha value is -2.66. The number of aromatic nitrogens is 3. The number of nitrogens with zero attached hydrogens (tertiary/aromatic N) is 3. The third-order valence-corrected chi connectivity index (χ3v) is 5.80.